The van der Waals surface area contributed by atoms with E-state index in [9.17, 15) is 9.59 Å². The van der Waals surface area contributed by atoms with Crippen LogP contribution in [0.15, 0.2) is 47.4 Å². The maximum absolute atomic E-state index is 12.2. The zero-order valence-electron chi connectivity index (χ0n) is 13.9. The predicted molar refractivity (Wildman–Crippen MR) is 93.8 cm³/mol. The second-order valence-corrected chi connectivity index (χ2v) is 5.10. The molecule has 2 rings (SSSR count). The van der Waals surface area contributed by atoms with Crippen molar-refractivity contribution in [2.75, 3.05) is 13.2 Å². The van der Waals surface area contributed by atoms with Gasteiger partial charge in [0.1, 0.15) is 0 Å². The summed E-state index contributed by atoms with van der Waals surface area (Å²) < 4.78 is 11.4. The van der Waals surface area contributed by atoms with E-state index in [1.165, 1.54) is 18.3 Å². The van der Waals surface area contributed by atoms with Crippen LogP contribution in [0.5, 0.6) is 11.5 Å². The van der Waals surface area contributed by atoms with Crippen molar-refractivity contribution in [1.82, 2.24) is 4.98 Å². The van der Waals surface area contributed by atoms with Gasteiger partial charge in [0, 0.05) is 23.4 Å². The van der Waals surface area contributed by atoms with Crippen molar-refractivity contribution >= 4 is 11.9 Å². The van der Waals surface area contributed by atoms with Crippen molar-refractivity contribution in [3.05, 3.63) is 64.1 Å². The fraction of sp³-hybridized carbons (Fsp3) is 0.263. The Balaban J connectivity index is 2.28. The Morgan fingerprint density at radius 3 is 2.75 bits per heavy atom. The number of ether oxygens (including phenoxy) is 2. The van der Waals surface area contributed by atoms with E-state index in [2.05, 4.69) is 4.98 Å². The van der Waals surface area contributed by atoms with E-state index in [-0.39, 0.29) is 11.3 Å². The van der Waals surface area contributed by atoms with Crippen molar-refractivity contribution in [1.29, 1.82) is 0 Å². The quantitative estimate of drug-likeness (QED) is 0.595. The van der Waals surface area contributed by atoms with Crippen molar-refractivity contribution < 1.29 is 14.3 Å². The van der Waals surface area contributed by atoms with Crippen molar-refractivity contribution in [3.8, 4) is 11.5 Å². The SMILES string of the molecule is CCCOc1c(C=CC(=O)c2cc[nH]c(=O)c2)cccc1OCC. The van der Waals surface area contributed by atoms with Crippen molar-refractivity contribution in [3.63, 3.8) is 0 Å². The highest BCUT2D eigenvalue weighted by Crippen LogP contribution is 2.32. The van der Waals surface area contributed by atoms with E-state index < -0.39 is 0 Å². The van der Waals surface area contributed by atoms with Gasteiger partial charge in [-0.2, -0.15) is 0 Å². The fourth-order valence-electron chi connectivity index (χ4n) is 2.15. The highest BCUT2D eigenvalue weighted by Gasteiger charge is 2.10. The summed E-state index contributed by atoms with van der Waals surface area (Å²) in [7, 11) is 0. The number of para-hydroxylation sites is 1. The Bertz CT molecular complexity index is 777. The molecular weight excluding hydrogens is 306 g/mol. The molecule has 1 aromatic carbocycles. The monoisotopic (exact) mass is 327 g/mol. The Labute approximate surface area is 140 Å². The van der Waals surface area contributed by atoms with Crippen molar-refractivity contribution in [2.24, 2.45) is 0 Å². The summed E-state index contributed by atoms with van der Waals surface area (Å²) in [6.07, 6.45) is 5.43. The predicted octanol–water partition coefficient (Wildman–Crippen LogP) is 3.46. The van der Waals surface area contributed by atoms with Crippen LogP contribution in [0.3, 0.4) is 0 Å². The van der Waals surface area contributed by atoms with Gasteiger partial charge in [0.05, 0.1) is 13.2 Å². The molecule has 0 bridgehead atoms. The summed E-state index contributed by atoms with van der Waals surface area (Å²) in [4.78, 5) is 26.0. The summed E-state index contributed by atoms with van der Waals surface area (Å²) in [5.41, 5.74) is 0.791. The van der Waals surface area contributed by atoms with Gasteiger partial charge in [0.15, 0.2) is 17.3 Å². The Kier molecular flexibility index (Phi) is 6.37. The zero-order chi connectivity index (χ0) is 17.4. The first-order valence-electron chi connectivity index (χ1n) is 7.95. The molecule has 5 heteroatoms. The number of allylic oxidation sites excluding steroid dienone is 1. The Morgan fingerprint density at radius 2 is 2.04 bits per heavy atom. The van der Waals surface area contributed by atoms with E-state index in [4.69, 9.17) is 9.47 Å². The van der Waals surface area contributed by atoms with Gasteiger partial charge in [0.25, 0.3) is 0 Å². The molecule has 0 aliphatic rings. The van der Waals surface area contributed by atoms with Gasteiger partial charge < -0.3 is 14.5 Å². The molecule has 0 saturated heterocycles. The van der Waals surface area contributed by atoms with Crippen LogP contribution in [-0.2, 0) is 0 Å². The first-order chi connectivity index (χ1) is 11.7. The third-order valence-corrected chi connectivity index (χ3v) is 3.23. The third kappa shape index (κ3) is 4.59. The number of nitrogens with one attached hydrogen (secondary N) is 1. The first kappa shape index (κ1) is 17.5. The van der Waals surface area contributed by atoms with Gasteiger partial charge in [-0.25, -0.2) is 0 Å². The second-order valence-electron chi connectivity index (χ2n) is 5.10. The minimum absolute atomic E-state index is 0.246. The average molecular weight is 327 g/mol. The number of ketones is 1. The molecule has 5 nitrogen and oxygen atoms in total. The number of rotatable bonds is 8. The third-order valence-electron chi connectivity index (χ3n) is 3.23. The molecule has 0 aliphatic carbocycles. The number of carbonyl (C=O) groups is 1. The second kappa shape index (κ2) is 8.72. The highest BCUT2D eigenvalue weighted by molar-refractivity contribution is 6.06. The van der Waals surface area contributed by atoms with Gasteiger partial charge in [-0.3, -0.25) is 9.59 Å². The van der Waals surface area contributed by atoms with E-state index >= 15 is 0 Å². The molecule has 1 aromatic heterocycles. The fourth-order valence-corrected chi connectivity index (χ4v) is 2.15. The molecule has 0 aliphatic heterocycles. The van der Waals surface area contributed by atoms with Gasteiger partial charge in [-0.05, 0) is 37.6 Å². The van der Waals surface area contributed by atoms with Crippen LogP contribution in [-0.4, -0.2) is 24.0 Å². The topological polar surface area (TPSA) is 68.4 Å². The molecule has 1 N–H and O–H groups in total. The van der Waals surface area contributed by atoms with Gasteiger partial charge >= 0.3 is 0 Å². The summed E-state index contributed by atoms with van der Waals surface area (Å²) in [6.45, 7) is 5.02. The lowest BCUT2D eigenvalue weighted by Crippen LogP contribution is -2.07. The molecule has 2 aromatic rings. The lowest BCUT2D eigenvalue weighted by molar-refractivity contribution is 0.104. The molecule has 24 heavy (non-hydrogen) atoms. The molecular formula is C19H21NO4. The molecule has 0 amide bonds. The molecule has 1 heterocycles. The molecule has 126 valence electrons. The molecule has 0 radical (unpaired) electrons. The van der Waals surface area contributed by atoms with Crippen LogP contribution >= 0.6 is 0 Å². The van der Waals surface area contributed by atoms with Crippen LogP contribution < -0.4 is 15.0 Å². The average Bonchev–Trinajstić information content (AvgIpc) is 2.59. The molecule has 0 unspecified atom stereocenters. The van der Waals surface area contributed by atoms with Crippen molar-refractivity contribution in [2.45, 2.75) is 20.3 Å². The van der Waals surface area contributed by atoms with Crippen LogP contribution in [0.25, 0.3) is 6.08 Å². The normalized spacial score (nSPS) is 10.8. The molecule has 0 atom stereocenters. The van der Waals surface area contributed by atoms with E-state index in [1.807, 2.05) is 32.0 Å². The van der Waals surface area contributed by atoms with E-state index in [1.54, 1.807) is 12.1 Å². The largest absolute Gasteiger partial charge is 0.490 e. The Hall–Kier alpha value is -2.82. The number of hydrogen-bond acceptors (Lipinski definition) is 4. The molecule has 0 fully saturated rings. The standard InChI is InChI=1S/C19H21NO4/c1-3-12-24-19-14(6-5-7-17(19)23-4-2)8-9-16(21)15-10-11-20-18(22)13-15/h5-11,13H,3-4,12H2,1-2H3,(H,20,22). The Morgan fingerprint density at radius 1 is 1.21 bits per heavy atom. The number of hydrogen-bond donors (Lipinski definition) is 1. The van der Waals surface area contributed by atoms with Crippen LogP contribution in [0.1, 0.15) is 36.2 Å². The number of aromatic amines is 1. The van der Waals surface area contributed by atoms with Gasteiger partial charge in [0.2, 0.25) is 5.56 Å². The maximum atomic E-state index is 12.2. The zero-order valence-corrected chi connectivity index (χ0v) is 13.9. The number of pyridine rings is 1. The number of carbonyl (C=O) groups excluding carboxylic acids is 1. The minimum atomic E-state index is -0.306. The van der Waals surface area contributed by atoms with Gasteiger partial charge in [-0.1, -0.05) is 19.1 Å². The lowest BCUT2D eigenvalue weighted by atomic mass is 10.1. The lowest BCUT2D eigenvalue weighted by Gasteiger charge is -2.13. The van der Waals surface area contributed by atoms with E-state index in [0.29, 0.717) is 30.3 Å². The van der Waals surface area contributed by atoms with Crippen LogP contribution in [0, 0.1) is 0 Å². The molecule has 0 spiro atoms. The van der Waals surface area contributed by atoms with Crippen LogP contribution in [0.2, 0.25) is 0 Å². The number of aromatic nitrogens is 1. The summed E-state index contributed by atoms with van der Waals surface area (Å²) in [5.74, 6) is 1.03. The molecule has 0 saturated carbocycles. The first-order valence-corrected chi connectivity index (χ1v) is 7.95. The maximum Gasteiger partial charge on any atom is 0.248 e. The number of benzene rings is 1. The summed E-state index contributed by atoms with van der Waals surface area (Å²) in [5, 5.41) is 0. The smallest absolute Gasteiger partial charge is 0.248 e. The van der Waals surface area contributed by atoms with E-state index in [0.717, 1.165) is 12.0 Å². The number of H-pyrrole nitrogens is 1. The van der Waals surface area contributed by atoms with Gasteiger partial charge in [-0.15, -0.1) is 0 Å². The van der Waals surface area contributed by atoms with Crippen LogP contribution in [0.4, 0.5) is 0 Å². The minimum Gasteiger partial charge on any atom is -0.490 e. The summed E-state index contributed by atoms with van der Waals surface area (Å²) >= 11 is 0. The highest BCUT2D eigenvalue weighted by atomic mass is 16.5. The summed E-state index contributed by atoms with van der Waals surface area (Å²) in [6, 6.07) is 8.39.